The van der Waals surface area contributed by atoms with E-state index in [0.29, 0.717) is 29.4 Å². The Morgan fingerprint density at radius 1 is 1.24 bits per heavy atom. The van der Waals surface area contributed by atoms with Gasteiger partial charge in [-0.25, -0.2) is 31.3 Å². The monoisotopic (exact) mass is 628 g/mol. The fourth-order valence-corrected chi connectivity index (χ4v) is 8.30. The molecule has 1 saturated carbocycles. The summed E-state index contributed by atoms with van der Waals surface area (Å²) in [6, 6.07) is 1.05. The predicted octanol–water partition coefficient (Wildman–Crippen LogP) is 3.89. The molecule has 1 aromatic heterocycles. The fourth-order valence-electron chi connectivity index (χ4n) is 5.37. The molecule has 2 N–H and O–H groups in total. The van der Waals surface area contributed by atoms with E-state index in [2.05, 4.69) is 15.3 Å². The number of carboxylic acids is 1. The maximum Gasteiger partial charge on any atom is 0.338 e. The van der Waals surface area contributed by atoms with Gasteiger partial charge in [0.2, 0.25) is 10.0 Å². The number of aliphatic imine (C=N–C) groups is 1. The first-order chi connectivity index (χ1) is 19.5. The number of amidine groups is 1. The van der Waals surface area contributed by atoms with E-state index in [-0.39, 0.29) is 49.6 Å². The highest BCUT2D eigenvalue weighted by Crippen LogP contribution is 2.42. The summed E-state index contributed by atoms with van der Waals surface area (Å²) in [4.78, 5) is 33.5. The average molecular weight is 629 g/mol. The molecule has 1 aliphatic carbocycles. The maximum atomic E-state index is 14.6. The number of carbonyl (C=O) groups is 2. The van der Waals surface area contributed by atoms with Crippen molar-refractivity contribution in [2.75, 3.05) is 19.7 Å². The lowest BCUT2D eigenvalue weighted by Gasteiger charge is -2.40. The van der Waals surface area contributed by atoms with Crippen LogP contribution in [-0.4, -0.2) is 65.5 Å². The number of rotatable bonds is 8. The van der Waals surface area contributed by atoms with Crippen LogP contribution in [0.15, 0.2) is 40.0 Å². The van der Waals surface area contributed by atoms with Gasteiger partial charge in [0.15, 0.2) is 22.5 Å². The van der Waals surface area contributed by atoms with Gasteiger partial charge in [0.1, 0.15) is 6.04 Å². The van der Waals surface area contributed by atoms with Crippen molar-refractivity contribution in [1.29, 1.82) is 0 Å². The van der Waals surface area contributed by atoms with E-state index in [0.717, 1.165) is 6.07 Å². The van der Waals surface area contributed by atoms with Crippen LogP contribution < -0.4 is 5.32 Å². The molecular formula is C26H27ClF2N4O6S2. The molecule has 3 heterocycles. The first kappa shape index (κ1) is 29.5. The van der Waals surface area contributed by atoms with Crippen molar-refractivity contribution in [1.82, 2.24) is 14.6 Å². The number of aromatic nitrogens is 1. The summed E-state index contributed by atoms with van der Waals surface area (Å²) in [7, 11) is -3.68. The summed E-state index contributed by atoms with van der Waals surface area (Å²) in [5.41, 5.74) is 0.574. The normalized spacial score (nSPS) is 23.9. The van der Waals surface area contributed by atoms with Gasteiger partial charge in [-0.15, -0.1) is 11.3 Å². The number of halogens is 3. The number of aliphatic carboxylic acids is 1. The van der Waals surface area contributed by atoms with Gasteiger partial charge < -0.3 is 15.2 Å². The number of hydrogen-bond acceptors (Lipinski definition) is 9. The van der Waals surface area contributed by atoms with Gasteiger partial charge in [0.25, 0.3) is 0 Å². The summed E-state index contributed by atoms with van der Waals surface area (Å²) < 4.78 is 61.5. The Kier molecular flexibility index (Phi) is 8.46. The number of nitrogens with one attached hydrogen (secondary N) is 1. The Morgan fingerprint density at radius 3 is 2.56 bits per heavy atom. The minimum absolute atomic E-state index is 0.0479. The maximum absolute atomic E-state index is 14.6. The third kappa shape index (κ3) is 5.62. The number of ether oxygens (including phenoxy) is 1. The van der Waals surface area contributed by atoms with Crippen LogP contribution in [0.25, 0.3) is 0 Å². The topological polar surface area (TPSA) is 138 Å². The Bertz CT molecular complexity index is 1520. The molecule has 1 saturated heterocycles. The Morgan fingerprint density at radius 2 is 1.95 bits per heavy atom. The fraction of sp³-hybridized carbons (Fsp3) is 0.462. The second kappa shape index (κ2) is 11.7. The van der Waals surface area contributed by atoms with E-state index in [9.17, 15) is 26.8 Å². The molecule has 2 aromatic rings. The second-order valence-corrected chi connectivity index (χ2v) is 13.5. The number of esters is 1. The number of thiazole rings is 1. The largest absolute Gasteiger partial charge is 0.481 e. The van der Waals surface area contributed by atoms with E-state index < -0.39 is 55.8 Å². The summed E-state index contributed by atoms with van der Waals surface area (Å²) in [6.45, 7) is 1.99. The van der Waals surface area contributed by atoms with Crippen LogP contribution in [0.2, 0.25) is 5.02 Å². The second-order valence-electron chi connectivity index (χ2n) is 10.0. The summed E-state index contributed by atoms with van der Waals surface area (Å²) in [5, 5.41) is 13.3. The van der Waals surface area contributed by atoms with E-state index in [1.165, 1.54) is 21.7 Å². The summed E-state index contributed by atoms with van der Waals surface area (Å²) in [6.07, 6.45) is 2.42. The molecule has 2 aliphatic heterocycles. The van der Waals surface area contributed by atoms with Gasteiger partial charge in [-0.05, 0) is 38.7 Å². The highest BCUT2D eigenvalue weighted by atomic mass is 35.5. The molecule has 3 aliphatic rings. The SMILES string of the molecule is CCOC(=O)C1=C(C2CCN(S(=O)(=O)[C@H]3C[C@H](C(=O)O)C3)CC2)NC(c2nccs2)=N[C@@H]1c1ccc(F)c(F)c1Cl. The van der Waals surface area contributed by atoms with Gasteiger partial charge in [-0.3, -0.25) is 9.79 Å². The van der Waals surface area contributed by atoms with Crippen molar-refractivity contribution < 1.29 is 36.6 Å². The third-order valence-electron chi connectivity index (χ3n) is 7.65. The van der Waals surface area contributed by atoms with Crippen molar-refractivity contribution >= 4 is 50.7 Å². The van der Waals surface area contributed by atoms with Crippen LogP contribution in [0, 0.1) is 23.5 Å². The molecule has 41 heavy (non-hydrogen) atoms. The highest BCUT2D eigenvalue weighted by Gasteiger charge is 2.46. The smallest absolute Gasteiger partial charge is 0.338 e. The number of sulfonamides is 1. The van der Waals surface area contributed by atoms with Crippen LogP contribution in [0.3, 0.4) is 0 Å². The zero-order valence-corrected chi connectivity index (χ0v) is 24.2. The van der Waals surface area contributed by atoms with E-state index >= 15 is 0 Å². The molecule has 0 spiro atoms. The number of hydrogen-bond donors (Lipinski definition) is 2. The highest BCUT2D eigenvalue weighted by molar-refractivity contribution is 7.89. The van der Waals surface area contributed by atoms with E-state index in [4.69, 9.17) is 21.4 Å². The minimum atomic E-state index is -3.68. The lowest BCUT2D eigenvalue weighted by Crippen LogP contribution is -2.50. The molecule has 0 radical (unpaired) electrons. The van der Waals surface area contributed by atoms with Gasteiger partial charge in [0.05, 0.1) is 28.4 Å². The first-order valence-electron chi connectivity index (χ1n) is 13.0. The summed E-state index contributed by atoms with van der Waals surface area (Å²) in [5.74, 6) is -4.81. The Balaban J connectivity index is 1.49. The van der Waals surface area contributed by atoms with Crippen molar-refractivity contribution in [3.63, 3.8) is 0 Å². The number of piperidine rings is 1. The molecule has 0 bridgehead atoms. The van der Waals surface area contributed by atoms with Crippen LogP contribution in [0.4, 0.5) is 8.78 Å². The molecule has 0 unspecified atom stereocenters. The van der Waals surface area contributed by atoms with Crippen LogP contribution in [-0.2, 0) is 24.3 Å². The first-order valence-corrected chi connectivity index (χ1v) is 15.8. The van der Waals surface area contributed by atoms with Gasteiger partial charge >= 0.3 is 11.9 Å². The number of carboxylic acid groups (broad SMARTS) is 1. The number of carbonyl (C=O) groups excluding carboxylic acids is 1. The lowest BCUT2D eigenvalue weighted by molar-refractivity contribution is -0.144. The molecular weight excluding hydrogens is 602 g/mol. The van der Waals surface area contributed by atoms with E-state index in [1.54, 1.807) is 18.5 Å². The minimum Gasteiger partial charge on any atom is -0.481 e. The van der Waals surface area contributed by atoms with Crippen LogP contribution >= 0.6 is 22.9 Å². The molecule has 220 valence electrons. The molecule has 10 nitrogen and oxygen atoms in total. The third-order valence-corrected chi connectivity index (χ3v) is 11.1. The molecule has 15 heteroatoms. The lowest BCUT2D eigenvalue weighted by atomic mass is 9.85. The van der Waals surface area contributed by atoms with Crippen molar-refractivity contribution in [2.24, 2.45) is 16.8 Å². The average Bonchev–Trinajstić information content (AvgIpc) is 3.45. The van der Waals surface area contributed by atoms with Crippen molar-refractivity contribution in [2.45, 2.75) is 43.9 Å². The number of allylic oxidation sites excluding steroid dienone is 1. The molecule has 2 fully saturated rings. The van der Waals surface area contributed by atoms with Crippen LogP contribution in [0.1, 0.15) is 49.2 Å². The van der Waals surface area contributed by atoms with Crippen LogP contribution in [0.5, 0.6) is 0 Å². The summed E-state index contributed by atoms with van der Waals surface area (Å²) >= 11 is 7.51. The zero-order valence-electron chi connectivity index (χ0n) is 21.8. The quantitative estimate of drug-likeness (QED) is 0.332. The Hall–Kier alpha value is -2.94. The standard InChI is InChI=1S/C26H27ClF2N4O6S2/c1-2-39-26(36)18-21(13-5-8-33(9-6-13)41(37,38)15-11-14(12-15)25(34)35)31-23(24-30-7-10-40-24)32-22(18)16-3-4-17(28)20(29)19(16)27/h3-4,7,10,13-15,22H,2,5-6,8-9,11-12H2,1H3,(H,31,32)(H,34,35)/t14-,15-,22-/m1/s1. The van der Waals surface area contributed by atoms with Crippen molar-refractivity contribution in [3.8, 4) is 0 Å². The van der Waals surface area contributed by atoms with Crippen molar-refractivity contribution in [3.05, 3.63) is 62.2 Å². The van der Waals surface area contributed by atoms with Gasteiger partial charge in [-0.2, -0.15) is 0 Å². The van der Waals surface area contributed by atoms with E-state index in [1.807, 2.05) is 0 Å². The predicted molar refractivity (Wildman–Crippen MR) is 147 cm³/mol. The number of benzene rings is 1. The van der Waals surface area contributed by atoms with Gasteiger partial charge in [0, 0.05) is 41.8 Å². The molecule has 5 rings (SSSR count). The molecule has 1 aromatic carbocycles. The van der Waals surface area contributed by atoms with Gasteiger partial charge in [-0.1, -0.05) is 17.7 Å². The molecule has 1 atom stereocenters. The zero-order chi connectivity index (χ0) is 29.5. The molecule has 0 amide bonds. The Labute approximate surface area is 244 Å². The number of nitrogens with zero attached hydrogens (tertiary/aromatic N) is 3.